The molecule has 6 nitrogen and oxygen atoms in total. The fourth-order valence-electron chi connectivity index (χ4n) is 5.32. The molecule has 1 amide bonds. The molecule has 0 unspecified atom stereocenters. The van der Waals surface area contributed by atoms with Crippen LogP contribution >= 0.6 is 0 Å². The SMILES string of the molecule is O=C1N(c2ccc(CCC3CC3)cc2)CCC12CCN(S(=O)(=O)c1ccccc1OC(F)(F)F)CC2. The zero-order chi connectivity index (χ0) is 25.6. The first kappa shape index (κ1) is 25.1. The van der Waals surface area contributed by atoms with Gasteiger partial charge >= 0.3 is 6.36 Å². The number of benzene rings is 2. The van der Waals surface area contributed by atoms with Crippen LogP contribution in [0.1, 0.15) is 44.1 Å². The lowest BCUT2D eigenvalue weighted by Crippen LogP contribution is -2.46. The lowest BCUT2D eigenvalue weighted by molar-refractivity contribution is -0.275. The van der Waals surface area contributed by atoms with E-state index < -0.39 is 32.4 Å². The molecule has 0 aromatic heterocycles. The Balaban J connectivity index is 1.25. The summed E-state index contributed by atoms with van der Waals surface area (Å²) in [5, 5.41) is 0. The van der Waals surface area contributed by atoms with E-state index in [1.54, 1.807) is 4.90 Å². The number of alkyl halides is 3. The van der Waals surface area contributed by atoms with Crippen LogP contribution < -0.4 is 9.64 Å². The van der Waals surface area contributed by atoms with E-state index >= 15 is 0 Å². The summed E-state index contributed by atoms with van der Waals surface area (Å²) in [5.41, 5.74) is 1.46. The first-order valence-corrected chi connectivity index (χ1v) is 13.8. The predicted octanol–water partition coefficient (Wildman–Crippen LogP) is 5.14. The summed E-state index contributed by atoms with van der Waals surface area (Å²) in [4.78, 5) is 14.7. The van der Waals surface area contributed by atoms with E-state index in [2.05, 4.69) is 16.9 Å². The molecule has 1 saturated carbocycles. The second kappa shape index (κ2) is 9.37. The van der Waals surface area contributed by atoms with Crippen molar-refractivity contribution in [2.75, 3.05) is 24.5 Å². The minimum absolute atomic E-state index is 0.00826. The number of nitrogens with zero attached hydrogens (tertiary/aromatic N) is 2. The third-order valence-electron chi connectivity index (χ3n) is 7.67. The van der Waals surface area contributed by atoms with Crippen molar-refractivity contribution in [1.29, 1.82) is 0 Å². The van der Waals surface area contributed by atoms with Gasteiger partial charge in [0.1, 0.15) is 10.6 Å². The Bertz CT molecular complexity index is 1220. The van der Waals surface area contributed by atoms with Crippen LogP contribution in [0.15, 0.2) is 53.4 Å². The van der Waals surface area contributed by atoms with Crippen molar-refractivity contribution in [3.8, 4) is 5.75 Å². The molecule has 2 saturated heterocycles. The number of rotatable bonds is 7. The molecule has 2 aromatic rings. The molecule has 194 valence electrons. The number of para-hydroxylation sites is 1. The highest BCUT2D eigenvalue weighted by atomic mass is 32.2. The molecule has 0 atom stereocenters. The van der Waals surface area contributed by atoms with Crippen LogP contribution in [0.3, 0.4) is 0 Å². The van der Waals surface area contributed by atoms with Crippen molar-refractivity contribution in [2.24, 2.45) is 11.3 Å². The highest BCUT2D eigenvalue weighted by molar-refractivity contribution is 7.89. The number of aryl methyl sites for hydroxylation is 1. The molecule has 5 rings (SSSR count). The highest BCUT2D eigenvalue weighted by Crippen LogP contribution is 2.44. The van der Waals surface area contributed by atoms with Gasteiger partial charge in [-0.05, 0) is 67.9 Å². The fourth-order valence-corrected chi connectivity index (χ4v) is 6.87. The maximum atomic E-state index is 13.4. The smallest absolute Gasteiger partial charge is 0.404 e. The topological polar surface area (TPSA) is 66.9 Å². The number of anilines is 1. The van der Waals surface area contributed by atoms with Crippen molar-refractivity contribution in [2.45, 2.75) is 56.2 Å². The molecule has 0 N–H and O–H groups in total. The quantitative estimate of drug-likeness (QED) is 0.505. The number of amides is 1. The first-order valence-electron chi connectivity index (χ1n) is 12.3. The van der Waals surface area contributed by atoms with E-state index in [0.717, 1.165) is 34.5 Å². The molecule has 0 bridgehead atoms. The van der Waals surface area contributed by atoms with Crippen molar-refractivity contribution >= 4 is 21.6 Å². The normalized spacial score (nSPS) is 20.8. The van der Waals surface area contributed by atoms with Gasteiger partial charge in [0.25, 0.3) is 0 Å². The number of hydrogen-bond donors (Lipinski definition) is 0. The van der Waals surface area contributed by atoms with Gasteiger partial charge in [-0.15, -0.1) is 13.2 Å². The van der Waals surface area contributed by atoms with Gasteiger partial charge < -0.3 is 9.64 Å². The molecule has 2 heterocycles. The van der Waals surface area contributed by atoms with Gasteiger partial charge in [0.2, 0.25) is 15.9 Å². The van der Waals surface area contributed by atoms with Gasteiger partial charge in [-0.25, -0.2) is 8.42 Å². The highest BCUT2D eigenvalue weighted by Gasteiger charge is 2.50. The van der Waals surface area contributed by atoms with Crippen molar-refractivity contribution in [3.63, 3.8) is 0 Å². The van der Waals surface area contributed by atoms with Crippen LogP contribution in [0.2, 0.25) is 0 Å². The third kappa shape index (κ3) is 5.11. The zero-order valence-electron chi connectivity index (χ0n) is 19.8. The molecule has 1 spiro atoms. The maximum absolute atomic E-state index is 13.4. The molecule has 0 radical (unpaired) electrons. The Labute approximate surface area is 209 Å². The molecule has 2 aliphatic heterocycles. The predicted molar refractivity (Wildman–Crippen MR) is 128 cm³/mol. The molecule has 1 aliphatic carbocycles. The Morgan fingerprint density at radius 2 is 1.58 bits per heavy atom. The van der Waals surface area contributed by atoms with Crippen LogP contribution in [-0.4, -0.2) is 44.6 Å². The van der Waals surface area contributed by atoms with Crippen LogP contribution in [0.4, 0.5) is 18.9 Å². The van der Waals surface area contributed by atoms with Crippen LogP contribution in [0, 0.1) is 11.3 Å². The van der Waals surface area contributed by atoms with E-state index in [1.807, 2.05) is 12.1 Å². The van der Waals surface area contributed by atoms with E-state index in [4.69, 9.17) is 0 Å². The average Bonchev–Trinajstić information content (AvgIpc) is 3.62. The standard InChI is InChI=1S/C26H29F3N2O4S/c27-26(28,29)35-22-3-1-2-4-23(22)36(33,34)30-16-13-25(14-17-30)15-18-31(24(25)32)21-11-9-20(10-12-21)8-7-19-5-6-19/h1-4,9-12,19H,5-8,13-18H2. The van der Waals surface area contributed by atoms with Crippen molar-refractivity contribution in [3.05, 3.63) is 54.1 Å². The Morgan fingerprint density at radius 1 is 0.944 bits per heavy atom. The molecular weight excluding hydrogens is 493 g/mol. The number of carbonyl (C=O) groups excluding carboxylic acids is 1. The zero-order valence-corrected chi connectivity index (χ0v) is 20.7. The molecule has 2 aromatic carbocycles. The second-order valence-electron chi connectivity index (χ2n) is 10.0. The van der Waals surface area contributed by atoms with Crippen molar-refractivity contribution < 1.29 is 31.1 Å². The Morgan fingerprint density at radius 3 is 2.22 bits per heavy atom. The van der Waals surface area contributed by atoms with Gasteiger partial charge in [-0.2, -0.15) is 4.31 Å². The molecular formula is C26H29F3N2O4S. The van der Waals surface area contributed by atoms with Crippen LogP contribution in [0.5, 0.6) is 5.75 Å². The largest absolute Gasteiger partial charge is 0.573 e. The summed E-state index contributed by atoms with van der Waals surface area (Å²) in [5.74, 6) is 0.102. The van der Waals surface area contributed by atoms with E-state index in [-0.39, 0.29) is 19.0 Å². The molecule has 36 heavy (non-hydrogen) atoms. The lowest BCUT2D eigenvalue weighted by Gasteiger charge is -2.37. The average molecular weight is 523 g/mol. The Hall–Kier alpha value is -2.59. The number of halogens is 3. The summed E-state index contributed by atoms with van der Waals surface area (Å²) in [6, 6.07) is 12.9. The van der Waals surface area contributed by atoms with E-state index in [9.17, 15) is 26.4 Å². The monoisotopic (exact) mass is 522 g/mol. The third-order valence-corrected chi connectivity index (χ3v) is 9.61. The number of hydrogen-bond acceptors (Lipinski definition) is 4. The minimum Gasteiger partial charge on any atom is -0.404 e. The van der Waals surface area contributed by atoms with Gasteiger partial charge in [-0.1, -0.05) is 37.1 Å². The maximum Gasteiger partial charge on any atom is 0.573 e. The first-order chi connectivity index (χ1) is 17.1. The summed E-state index contributed by atoms with van der Waals surface area (Å²) >= 11 is 0. The molecule has 3 fully saturated rings. The van der Waals surface area contributed by atoms with E-state index in [0.29, 0.717) is 25.8 Å². The summed E-state index contributed by atoms with van der Waals surface area (Å²) in [6.07, 6.45) is 1.17. The second-order valence-corrected chi connectivity index (χ2v) is 11.9. The van der Waals surface area contributed by atoms with Gasteiger partial charge in [-0.3, -0.25) is 4.79 Å². The number of piperidine rings is 1. The summed E-state index contributed by atoms with van der Waals surface area (Å²) in [7, 11) is -4.22. The van der Waals surface area contributed by atoms with E-state index in [1.165, 1.54) is 37.0 Å². The van der Waals surface area contributed by atoms with Crippen LogP contribution in [-0.2, 0) is 21.2 Å². The number of ether oxygens (including phenoxy) is 1. The number of carbonyl (C=O) groups is 1. The lowest BCUT2D eigenvalue weighted by atomic mass is 9.77. The number of sulfonamides is 1. The minimum atomic E-state index is -5.01. The van der Waals surface area contributed by atoms with Gasteiger partial charge in [0.15, 0.2) is 0 Å². The van der Waals surface area contributed by atoms with Crippen LogP contribution in [0.25, 0.3) is 0 Å². The summed E-state index contributed by atoms with van der Waals surface area (Å²) < 4.78 is 69.8. The molecule has 10 heteroatoms. The fraction of sp³-hybridized carbons (Fsp3) is 0.500. The van der Waals surface area contributed by atoms with Gasteiger partial charge in [0.05, 0.1) is 5.41 Å². The van der Waals surface area contributed by atoms with Crippen molar-refractivity contribution in [1.82, 2.24) is 4.31 Å². The van der Waals surface area contributed by atoms with Gasteiger partial charge in [0, 0.05) is 25.3 Å². The molecule has 3 aliphatic rings. The Kier molecular flexibility index (Phi) is 6.53. The summed E-state index contributed by atoms with van der Waals surface area (Å²) in [6.45, 7) is 0.681.